The van der Waals surface area contributed by atoms with Gasteiger partial charge in [0.05, 0.1) is 0 Å². The molecular formula is C9H13N3O. The van der Waals surface area contributed by atoms with Crippen LogP contribution in [0.25, 0.3) is 0 Å². The molecule has 13 heavy (non-hydrogen) atoms. The zero-order valence-electron chi connectivity index (χ0n) is 7.42. The largest absolute Gasteiger partial charge is 0.366 e. The van der Waals surface area contributed by atoms with E-state index in [0.717, 1.165) is 18.7 Å². The highest BCUT2D eigenvalue weighted by Gasteiger charge is 2.18. The summed E-state index contributed by atoms with van der Waals surface area (Å²) in [5, 5.41) is 10.0. The molecule has 0 atom stereocenters. The molecule has 0 radical (unpaired) electrons. The van der Waals surface area contributed by atoms with Gasteiger partial charge in [-0.25, -0.2) is 0 Å². The number of nitrogens with one attached hydrogen (secondary N) is 2. The second kappa shape index (κ2) is 3.60. The molecular weight excluding hydrogens is 166 g/mol. The number of aromatic nitrogens is 2. The van der Waals surface area contributed by atoms with Crippen LogP contribution in [0.3, 0.4) is 0 Å². The maximum absolute atomic E-state index is 11.0. The molecule has 0 bridgehead atoms. The van der Waals surface area contributed by atoms with E-state index in [-0.39, 0.29) is 0 Å². The molecule has 1 aliphatic rings. The Labute approximate surface area is 76.7 Å². The van der Waals surface area contributed by atoms with E-state index in [1.54, 1.807) is 6.20 Å². The highest BCUT2D eigenvalue weighted by atomic mass is 16.1. The molecule has 0 aliphatic heterocycles. The maximum atomic E-state index is 11.0. The Bertz CT molecular complexity index is 271. The summed E-state index contributed by atoms with van der Waals surface area (Å²) in [4.78, 5) is 11.0. The first kappa shape index (κ1) is 8.29. The van der Waals surface area contributed by atoms with E-state index < -0.39 is 0 Å². The van der Waals surface area contributed by atoms with Gasteiger partial charge in [0, 0.05) is 25.1 Å². The summed E-state index contributed by atoms with van der Waals surface area (Å²) in [7, 11) is 0. The van der Waals surface area contributed by atoms with Crippen LogP contribution < -0.4 is 5.32 Å². The fourth-order valence-corrected chi connectivity index (χ4v) is 1.63. The van der Waals surface area contributed by atoms with E-state index >= 15 is 0 Å². The molecule has 1 saturated carbocycles. The Morgan fingerprint density at radius 3 is 2.85 bits per heavy atom. The highest BCUT2D eigenvalue weighted by Crippen LogP contribution is 2.18. The summed E-state index contributed by atoms with van der Waals surface area (Å²) < 4.78 is 0. The summed E-state index contributed by atoms with van der Waals surface area (Å²) in [5.74, 6) is 1.26. The van der Waals surface area contributed by atoms with Crippen molar-refractivity contribution in [2.24, 2.45) is 0 Å². The predicted molar refractivity (Wildman–Crippen MR) is 49.5 cm³/mol. The quantitative estimate of drug-likeness (QED) is 0.720. The number of anilines is 1. The second-order valence-electron chi connectivity index (χ2n) is 3.42. The van der Waals surface area contributed by atoms with Gasteiger partial charge in [-0.2, -0.15) is 5.10 Å². The molecule has 0 aromatic carbocycles. The van der Waals surface area contributed by atoms with Crippen molar-refractivity contribution in [3.8, 4) is 0 Å². The molecule has 0 spiro atoms. The molecule has 0 amide bonds. The fraction of sp³-hybridized carbons (Fsp3) is 0.556. The van der Waals surface area contributed by atoms with Gasteiger partial charge in [-0.15, -0.1) is 0 Å². The van der Waals surface area contributed by atoms with Crippen molar-refractivity contribution in [1.29, 1.82) is 0 Å². The summed E-state index contributed by atoms with van der Waals surface area (Å²) >= 11 is 0. The van der Waals surface area contributed by atoms with Crippen molar-refractivity contribution in [2.75, 3.05) is 5.32 Å². The fourth-order valence-electron chi connectivity index (χ4n) is 1.63. The van der Waals surface area contributed by atoms with E-state index in [1.165, 1.54) is 0 Å². The maximum Gasteiger partial charge on any atom is 0.147 e. The van der Waals surface area contributed by atoms with Gasteiger partial charge < -0.3 is 5.32 Å². The number of nitrogens with zero attached hydrogens (tertiary/aromatic N) is 1. The molecule has 1 aromatic rings. The minimum atomic E-state index is 0.389. The van der Waals surface area contributed by atoms with E-state index in [9.17, 15) is 4.79 Å². The molecule has 2 N–H and O–H groups in total. The molecule has 0 unspecified atom stereocenters. The predicted octanol–water partition coefficient (Wildman–Crippen LogP) is 1.33. The number of carbonyl (C=O) groups is 1. The molecule has 4 nitrogen and oxygen atoms in total. The van der Waals surface area contributed by atoms with Crippen molar-refractivity contribution in [2.45, 2.75) is 31.7 Å². The van der Waals surface area contributed by atoms with Gasteiger partial charge in [-0.1, -0.05) is 0 Å². The zero-order chi connectivity index (χ0) is 9.10. The molecule has 0 saturated heterocycles. The lowest BCUT2D eigenvalue weighted by Crippen LogP contribution is -2.26. The van der Waals surface area contributed by atoms with E-state index in [2.05, 4.69) is 15.5 Å². The monoisotopic (exact) mass is 179 g/mol. The smallest absolute Gasteiger partial charge is 0.147 e. The molecule has 4 heteroatoms. The first-order chi connectivity index (χ1) is 6.34. The van der Waals surface area contributed by atoms with E-state index in [1.807, 2.05) is 6.07 Å². The van der Waals surface area contributed by atoms with Crippen LogP contribution in [0.1, 0.15) is 25.7 Å². The van der Waals surface area contributed by atoms with Gasteiger partial charge in [0.1, 0.15) is 11.6 Å². The number of H-pyrrole nitrogens is 1. The minimum absolute atomic E-state index is 0.389. The van der Waals surface area contributed by atoms with Crippen molar-refractivity contribution in [3.05, 3.63) is 12.3 Å². The van der Waals surface area contributed by atoms with Gasteiger partial charge in [0.15, 0.2) is 0 Å². The van der Waals surface area contributed by atoms with E-state index in [0.29, 0.717) is 24.7 Å². The van der Waals surface area contributed by atoms with Crippen LogP contribution in [0.5, 0.6) is 0 Å². The van der Waals surface area contributed by atoms with Crippen molar-refractivity contribution in [1.82, 2.24) is 10.2 Å². The number of ketones is 1. The van der Waals surface area contributed by atoms with Gasteiger partial charge in [0.2, 0.25) is 0 Å². The number of hydrogen-bond donors (Lipinski definition) is 2. The van der Waals surface area contributed by atoms with Crippen LogP contribution in [0, 0.1) is 0 Å². The average Bonchev–Trinajstić information content (AvgIpc) is 2.62. The van der Waals surface area contributed by atoms with Gasteiger partial charge in [-0.05, 0) is 18.9 Å². The Morgan fingerprint density at radius 1 is 1.46 bits per heavy atom. The Kier molecular flexibility index (Phi) is 2.29. The number of hydrogen-bond acceptors (Lipinski definition) is 3. The zero-order valence-corrected chi connectivity index (χ0v) is 7.42. The molecule has 1 heterocycles. The SMILES string of the molecule is O=C1CCC(Nc2cc[nH]n2)CC1. The Morgan fingerprint density at radius 2 is 2.23 bits per heavy atom. The molecule has 70 valence electrons. The first-order valence-corrected chi connectivity index (χ1v) is 4.62. The Hall–Kier alpha value is -1.32. The third-order valence-corrected chi connectivity index (χ3v) is 2.40. The number of rotatable bonds is 2. The summed E-state index contributed by atoms with van der Waals surface area (Å²) in [6.45, 7) is 0. The van der Waals surface area contributed by atoms with Crippen molar-refractivity contribution < 1.29 is 4.79 Å². The van der Waals surface area contributed by atoms with Gasteiger partial charge in [-0.3, -0.25) is 9.89 Å². The number of Topliss-reactive ketones (excluding diaryl/α,β-unsaturated/α-hetero) is 1. The van der Waals surface area contributed by atoms with Crippen LogP contribution >= 0.6 is 0 Å². The molecule has 2 rings (SSSR count). The lowest BCUT2D eigenvalue weighted by Gasteiger charge is -2.21. The lowest BCUT2D eigenvalue weighted by molar-refractivity contribution is -0.120. The van der Waals surface area contributed by atoms with E-state index in [4.69, 9.17) is 0 Å². The van der Waals surface area contributed by atoms with Gasteiger partial charge >= 0.3 is 0 Å². The van der Waals surface area contributed by atoms with Crippen LogP contribution in [0.15, 0.2) is 12.3 Å². The third kappa shape index (κ3) is 2.08. The average molecular weight is 179 g/mol. The lowest BCUT2D eigenvalue weighted by atomic mass is 9.94. The van der Waals surface area contributed by atoms with Crippen LogP contribution in [0.4, 0.5) is 5.82 Å². The third-order valence-electron chi connectivity index (χ3n) is 2.40. The van der Waals surface area contributed by atoms with Crippen molar-refractivity contribution in [3.63, 3.8) is 0 Å². The number of carbonyl (C=O) groups excluding carboxylic acids is 1. The van der Waals surface area contributed by atoms with Crippen LogP contribution in [-0.4, -0.2) is 22.0 Å². The molecule has 1 fully saturated rings. The highest BCUT2D eigenvalue weighted by molar-refractivity contribution is 5.79. The normalized spacial score (nSPS) is 18.9. The standard InChI is InChI=1S/C9H13N3O/c13-8-3-1-7(2-4-8)11-9-5-6-10-12-9/h5-7H,1-4H2,(H2,10,11,12). The van der Waals surface area contributed by atoms with Crippen LogP contribution in [-0.2, 0) is 4.79 Å². The van der Waals surface area contributed by atoms with Crippen LogP contribution in [0.2, 0.25) is 0 Å². The van der Waals surface area contributed by atoms with Gasteiger partial charge in [0.25, 0.3) is 0 Å². The first-order valence-electron chi connectivity index (χ1n) is 4.62. The molecule has 1 aliphatic carbocycles. The minimum Gasteiger partial charge on any atom is -0.366 e. The topological polar surface area (TPSA) is 57.8 Å². The summed E-state index contributed by atoms with van der Waals surface area (Å²) in [5.41, 5.74) is 0. The second-order valence-corrected chi connectivity index (χ2v) is 3.42. The Balaban J connectivity index is 1.86. The number of aromatic amines is 1. The summed E-state index contributed by atoms with van der Waals surface area (Å²) in [6, 6.07) is 2.32. The van der Waals surface area contributed by atoms with Crippen molar-refractivity contribution >= 4 is 11.6 Å². The molecule has 1 aromatic heterocycles. The summed E-state index contributed by atoms with van der Waals surface area (Å²) in [6.07, 6.45) is 5.08.